The molecular formula is C31H25N5O5S2. The van der Waals surface area contributed by atoms with Gasteiger partial charge in [0.05, 0.1) is 43.9 Å². The number of ether oxygens (including phenoxy) is 1. The van der Waals surface area contributed by atoms with Gasteiger partial charge in [0.15, 0.2) is 4.80 Å². The van der Waals surface area contributed by atoms with Crippen molar-refractivity contribution in [3.8, 4) is 16.3 Å². The minimum atomic E-state index is -0.958. The van der Waals surface area contributed by atoms with E-state index in [0.717, 1.165) is 21.8 Å². The third-order valence-corrected chi connectivity index (χ3v) is 8.93. The second-order valence-corrected chi connectivity index (χ2v) is 11.8. The maximum absolute atomic E-state index is 14.1. The number of thiophene rings is 1. The summed E-state index contributed by atoms with van der Waals surface area (Å²) in [6, 6.07) is 17.4. The van der Waals surface area contributed by atoms with Gasteiger partial charge in [-0.1, -0.05) is 47.7 Å². The molecule has 1 atom stereocenters. The van der Waals surface area contributed by atoms with Crippen LogP contribution < -0.4 is 14.9 Å². The van der Waals surface area contributed by atoms with E-state index >= 15 is 0 Å². The fraction of sp³-hybridized carbons (Fsp3) is 0.161. The molecule has 6 rings (SSSR count). The Balaban J connectivity index is 1.57. The van der Waals surface area contributed by atoms with Gasteiger partial charge in [-0.05, 0) is 56.0 Å². The van der Waals surface area contributed by atoms with Gasteiger partial charge in [0.1, 0.15) is 5.69 Å². The molecule has 2 aromatic carbocycles. The summed E-state index contributed by atoms with van der Waals surface area (Å²) in [6.07, 6.45) is 3.65. The summed E-state index contributed by atoms with van der Waals surface area (Å²) in [5, 5.41) is 18.6. The number of benzene rings is 2. The van der Waals surface area contributed by atoms with Gasteiger partial charge in [0.2, 0.25) is 0 Å². The molecule has 10 nitrogen and oxygen atoms in total. The Morgan fingerprint density at radius 2 is 1.93 bits per heavy atom. The first-order chi connectivity index (χ1) is 20.8. The SMILES string of the molecule is CCOC(=O)C1=C(C)N=c2sc(=Cc3cn(-c4ccccc4)nc3-c3cccs3)c(=O)n2C1c1ccc(C)c([N+](=O)[O-])c1. The molecule has 43 heavy (non-hydrogen) atoms. The first kappa shape index (κ1) is 28.2. The van der Waals surface area contributed by atoms with Crippen LogP contribution in [0.3, 0.4) is 0 Å². The predicted molar refractivity (Wildman–Crippen MR) is 165 cm³/mol. The van der Waals surface area contributed by atoms with Crippen molar-refractivity contribution in [1.82, 2.24) is 14.3 Å². The Hall–Kier alpha value is -4.94. The number of hydrogen-bond donors (Lipinski definition) is 0. The van der Waals surface area contributed by atoms with Gasteiger partial charge in [0.25, 0.3) is 11.2 Å². The lowest BCUT2D eigenvalue weighted by Crippen LogP contribution is -2.40. The number of carbonyl (C=O) groups is 1. The van der Waals surface area contributed by atoms with Crippen LogP contribution in [0.4, 0.5) is 5.69 Å². The first-order valence-electron chi connectivity index (χ1n) is 13.4. The number of nitro groups is 1. The fourth-order valence-electron chi connectivity index (χ4n) is 5.05. The number of nitrogens with zero attached hydrogens (tertiary/aromatic N) is 5. The highest BCUT2D eigenvalue weighted by Gasteiger charge is 2.34. The molecule has 1 aliphatic heterocycles. The molecule has 12 heteroatoms. The topological polar surface area (TPSA) is 122 Å². The van der Waals surface area contributed by atoms with E-state index in [9.17, 15) is 19.7 Å². The number of thiazole rings is 1. The minimum absolute atomic E-state index is 0.105. The molecule has 0 aliphatic carbocycles. The van der Waals surface area contributed by atoms with E-state index in [2.05, 4.69) is 4.99 Å². The van der Waals surface area contributed by atoms with Crippen LogP contribution in [0.1, 0.15) is 36.6 Å². The number of esters is 1. The maximum atomic E-state index is 14.1. The summed E-state index contributed by atoms with van der Waals surface area (Å²) in [4.78, 5) is 44.6. The van der Waals surface area contributed by atoms with Gasteiger partial charge >= 0.3 is 5.97 Å². The largest absolute Gasteiger partial charge is 0.463 e. The van der Waals surface area contributed by atoms with Crippen molar-refractivity contribution in [2.24, 2.45) is 4.99 Å². The summed E-state index contributed by atoms with van der Waals surface area (Å²) >= 11 is 2.73. The Labute approximate surface area is 253 Å². The lowest BCUT2D eigenvalue weighted by molar-refractivity contribution is -0.385. The van der Waals surface area contributed by atoms with E-state index in [1.54, 1.807) is 55.0 Å². The summed E-state index contributed by atoms with van der Waals surface area (Å²) in [5.41, 5.74) is 3.28. The number of aromatic nitrogens is 3. The predicted octanol–water partition coefficient (Wildman–Crippen LogP) is 4.93. The Morgan fingerprint density at radius 1 is 1.14 bits per heavy atom. The maximum Gasteiger partial charge on any atom is 0.338 e. The van der Waals surface area contributed by atoms with Crippen LogP contribution in [-0.2, 0) is 9.53 Å². The number of rotatable bonds is 7. The molecule has 5 aromatic rings. The molecule has 0 fully saturated rings. The van der Waals surface area contributed by atoms with Crippen molar-refractivity contribution < 1.29 is 14.5 Å². The number of nitro benzene ring substituents is 1. The number of aryl methyl sites for hydroxylation is 1. The van der Waals surface area contributed by atoms with Gasteiger partial charge in [-0.3, -0.25) is 19.5 Å². The molecule has 1 unspecified atom stereocenters. The molecular weight excluding hydrogens is 587 g/mol. The average molecular weight is 612 g/mol. The van der Waals surface area contributed by atoms with Crippen molar-refractivity contribution in [3.05, 3.63) is 130 Å². The van der Waals surface area contributed by atoms with Crippen molar-refractivity contribution in [2.45, 2.75) is 26.8 Å². The van der Waals surface area contributed by atoms with Gasteiger partial charge in [-0.25, -0.2) is 14.5 Å². The highest BCUT2D eigenvalue weighted by molar-refractivity contribution is 7.13. The summed E-state index contributed by atoms with van der Waals surface area (Å²) < 4.78 is 8.93. The Morgan fingerprint density at radius 3 is 2.63 bits per heavy atom. The highest BCUT2D eigenvalue weighted by Crippen LogP contribution is 2.34. The van der Waals surface area contributed by atoms with Crippen LogP contribution in [0, 0.1) is 17.0 Å². The molecule has 0 spiro atoms. The van der Waals surface area contributed by atoms with Crippen LogP contribution in [0.5, 0.6) is 0 Å². The van der Waals surface area contributed by atoms with Gasteiger partial charge in [-0.15, -0.1) is 11.3 Å². The summed E-state index contributed by atoms with van der Waals surface area (Å²) in [5.74, 6) is -0.629. The third kappa shape index (κ3) is 5.15. The number of carbonyl (C=O) groups excluding carboxylic acids is 1. The molecule has 0 saturated heterocycles. The first-order valence-corrected chi connectivity index (χ1v) is 15.1. The normalized spacial score (nSPS) is 14.9. The lowest BCUT2D eigenvalue weighted by Gasteiger charge is -2.24. The molecule has 4 heterocycles. The number of allylic oxidation sites excluding steroid dienone is 1. The molecule has 0 N–H and O–H groups in total. The average Bonchev–Trinajstić information content (AvgIpc) is 3.73. The zero-order chi connectivity index (χ0) is 30.2. The molecule has 1 aliphatic rings. The van der Waals surface area contributed by atoms with E-state index < -0.39 is 16.9 Å². The van der Waals surface area contributed by atoms with Gasteiger partial charge in [-0.2, -0.15) is 5.10 Å². The Kier molecular flexibility index (Phi) is 7.46. The number of para-hydroxylation sites is 1. The number of fused-ring (bicyclic) bond motifs is 1. The second-order valence-electron chi connectivity index (χ2n) is 9.80. The molecule has 0 radical (unpaired) electrons. The minimum Gasteiger partial charge on any atom is -0.463 e. The summed E-state index contributed by atoms with van der Waals surface area (Å²) in [7, 11) is 0. The van der Waals surface area contributed by atoms with Crippen molar-refractivity contribution >= 4 is 40.4 Å². The number of hydrogen-bond acceptors (Lipinski definition) is 9. The molecule has 0 bridgehead atoms. The van der Waals surface area contributed by atoms with Crippen molar-refractivity contribution in [3.63, 3.8) is 0 Å². The van der Waals surface area contributed by atoms with E-state index in [1.165, 1.54) is 22.0 Å². The second kappa shape index (κ2) is 11.4. The van der Waals surface area contributed by atoms with E-state index in [4.69, 9.17) is 9.84 Å². The fourth-order valence-corrected chi connectivity index (χ4v) is 6.82. The van der Waals surface area contributed by atoms with Crippen LogP contribution in [0.15, 0.2) is 93.3 Å². The standard InChI is InChI=1S/C31H25N5O5S2/c1-4-41-30(38)26-19(3)32-31-35(28(26)20-13-12-18(2)23(15-20)36(39)40)29(37)25(43-31)16-21-17-34(22-9-6-5-7-10-22)33-27(21)24-11-8-14-42-24/h5-17,28H,4H2,1-3H3. The smallest absolute Gasteiger partial charge is 0.338 e. The van der Waals surface area contributed by atoms with E-state index in [1.807, 2.05) is 54.0 Å². The zero-order valence-corrected chi connectivity index (χ0v) is 25.0. The monoisotopic (exact) mass is 611 g/mol. The molecule has 216 valence electrons. The molecule has 3 aromatic heterocycles. The quantitative estimate of drug-likeness (QED) is 0.146. The van der Waals surface area contributed by atoms with Crippen LogP contribution in [-0.4, -0.2) is 31.8 Å². The van der Waals surface area contributed by atoms with Crippen LogP contribution in [0.2, 0.25) is 0 Å². The van der Waals surface area contributed by atoms with Crippen molar-refractivity contribution in [2.75, 3.05) is 6.61 Å². The molecule has 0 saturated carbocycles. The highest BCUT2D eigenvalue weighted by atomic mass is 32.1. The van der Waals surface area contributed by atoms with Crippen molar-refractivity contribution in [1.29, 1.82) is 0 Å². The third-order valence-electron chi connectivity index (χ3n) is 7.07. The van der Waals surface area contributed by atoms with Crippen LogP contribution in [0.25, 0.3) is 22.3 Å². The summed E-state index contributed by atoms with van der Waals surface area (Å²) in [6.45, 7) is 5.13. The zero-order valence-electron chi connectivity index (χ0n) is 23.4. The van der Waals surface area contributed by atoms with E-state index in [-0.39, 0.29) is 23.4 Å². The molecule has 0 amide bonds. The van der Waals surface area contributed by atoms with E-state index in [0.29, 0.717) is 26.2 Å². The van der Waals surface area contributed by atoms with Crippen LogP contribution >= 0.6 is 22.7 Å². The Bertz CT molecular complexity index is 2090. The lowest BCUT2D eigenvalue weighted by atomic mass is 9.94. The van der Waals surface area contributed by atoms with Gasteiger partial charge < -0.3 is 4.74 Å². The van der Waals surface area contributed by atoms with Gasteiger partial charge in [0, 0.05) is 23.4 Å².